The number of likely N-dealkylation sites (tertiary alicyclic amines) is 1. The number of amides is 3. The van der Waals surface area contributed by atoms with E-state index in [0.29, 0.717) is 24.4 Å². The molecule has 0 saturated carbocycles. The second-order valence-corrected chi connectivity index (χ2v) is 6.12. The van der Waals surface area contributed by atoms with Gasteiger partial charge in [-0.15, -0.1) is 0 Å². The summed E-state index contributed by atoms with van der Waals surface area (Å²) in [6, 6.07) is 7.21. The Morgan fingerprint density at radius 2 is 2.00 bits per heavy atom. The normalized spacial score (nSPS) is 15.5. The molecular weight excluding hydrogens is 320 g/mol. The van der Waals surface area contributed by atoms with Gasteiger partial charge in [0.2, 0.25) is 11.8 Å². The first-order valence-corrected chi connectivity index (χ1v) is 8.44. The number of anilines is 1. The summed E-state index contributed by atoms with van der Waals surface area (Å²) >= 11 is 0. The summed E-state index contributed by atoms with van der Waals surface area (Å²) in [5.74, 6) is -0.439. The number of hydrazone groups is 1. The first-order valence-electron chi connectivity index (χ1n) is 8.44. The minimum Gasteiger partial charge on any atom is -0.333 e. The summed E-state index contributed by atoms with van der Waals surface area (Å²) in [7, 11) is 0. The number of rotatable bonds is 5. The zero-order valence-electron chi connectivity index (χ0n) is 14.7. The molecule has 0 bridgehead atoms. The largest absolute Gasteiger partial charge is 0.333 e. The summed E-state index contributed by atoms with van der Waals surface area (Å²) in [5.41, 5.74) is 4.57. The second-order valence-electron chi connectivity index (χ2n) is 6.12. The maximum absolute atomic E-state index is 12.0. The van der Waals surface area contributed by atoms with E-state index in [4.69, 9.17) is 0 Å². The van der Waals surface area contributed by atoms with Crippen LogP contribution in [0, 0.1) is 0 Å². The van der Waals surface area contributed by atoms with E-state index in [2.05, 4.69) is 15.8 Å². The summed E-state index contributed by atoms with van der Waals surface area (Å²) < 4.78 is 0. The summed E-state index contributed by atoms with van der Waals surface area (Å²) in [5, 5.41) is 6.80. The predicted octanol–water partition coefficient (Wildman–Crippen LogP) is 1.89. The lowest BCUT2D eigenvalue weighted by atomic mass is 10.1. The number of carbonyl (C=O) groups is 3. The van der Waals surface area contributed by atoms with Crippen molar-refractivity contribution in [3.8, 4) is 0 Å². The van der Waals surface area contributed by atoms with Gasteiger partial charge >= 0.3 is 0 Å². The number of nitrogens with zero attached hydrogens (tertiary/aromatic N) is 2. The van der Waals surface area contributed by atoms with Crippen LogP contribution in [-0.2, 0) is 14.4 Å². The van der Waals surface area contributed by atoms with Crippen LogP contribution in [0.4, 0.5) is 5.69 Å². The van der Waals surface area contributed by atoms with Gasteiger partial charge in [-0.1, -0.05) is 18.6 Å². The quantitative estimate of drug-likeness (QED) is 0.631. The number of hydrogen-bond donors (Lipinski definition) is 2. The van der Waals surface area contributed by atoms with E-state index in [0.717, 1.165) is 24.8 Å². The molecule has 134 valence electrons. The molecule has 3 amide bonds. The minimum atomic E-state index is -0.312. The van der Waals surface area contributed by atoms with E-state index in [1.54, 1.807) is 30.0 Å². The van der Waals surface area contributed by atoms with E-state index in [1.165, 1.54) is 6.92 Å². The van der Waals surface area contributed by atoms with Crippen LogP contribution in [0.1, 0.15) is 45.1 Å². The second kappa shape index (κ2) is 8.96. The highest BCUT2D eigenvalue weighted by atomic mass is 16.2. The number of benzene rings is 1. The van der Waals surface area contributed by atoms with E-state index in [9.17, 15) is 14.4 Å². The highest BCUT2D eigenvalue weighted by Crippen LogP contribution is 2.12. The molecule has 25 heavy (non-hydrogen) atoms. The Bertz CT molecular complexity index is 685. The lowest BCUT2D eigenvalue weighted by Gasteiger charge is -2.19. The Balaban J connectivity index is 1.94. The third-order valence-electron chi connectivity index (χ3n) is 3.95. The van der Waals surface area contributed by atoms with E-state index in [1.807, 2.05) is 6.07 Å². The molecule has 7 nitrogen and oxygen atoms in total. The lowest BCUT2D eigenvalue weighted by molar-refractivity contribution is -0.135. The van der Waals surface area contributed by atoms with Gasteiger partial charge in [0, 0.05) is 25.6 Å². The van der Waals surface area contributed by atoms with E-state index in [-0.39, 0.29) is 24.3 Å². The average Bonchev–Trinajstić information content (AvgIpc) is 2.77. The van der Waals surface area contributed by atoms with Gasteiger partial charge in [0.1, 0.15) is 6.54 Å². The minimum absolute atomic E-state index is 0.0244. The van der Waals surface area contributed by atoms with Crippen molar-refractivity contribution in [1.82, 2.24) is 10.3 Å². The van der Waals surface area contributed by atoms with Crippen LogP contribution in [0.2, 0.25) is 0 Å². The van der Waals surface area contributed by atoms with Crippen LogP contribution in [0.3, 0.4) is 0 Å². The SMILES string of the molecule is CC(=O)Nc1cccc(/C(C)=N\NC(=O)CN2CCCCCC2=O)c1. The van der Waals surface area contributed by atoms with Crippen LogP contribution in [0.25, 0.3) is 0 Å². The molecule has 0 spiro atoms. The van der Waals surface area contributed by atoms with Gasteiger partial charge in [-0.25, -0.2) is 5.43 Å². The molecule has 1 heterocycles. The Kier molecular flexibility index (Phi) is 6.68. The summed E-state index contributed by atoms with van der Waals surface area (Å²) in [4.78, 5) is 36.7. The molecule has 1 fully saturated rings. The van der Waals surface area contributed by atoms with Crippen molar-refractivity contribution in [1.29, 1.82) is 0 Å². The van der Waals surface area contributed by atoms with Crippen LogP contribution in [0.15, 0.2) is 29.4 Å². The molecule has 0 atom stereocenters. The standard InChI is InChI=1S/C18H24N4O3/c1-13(15-7-6-8-16(11-15)19-14(2)23)20-21-17(24)12-22-10-5-3-4-9-18(22)25/h6-8,11H,3-5,9-10,12H2,1-2H3,(H,19,23)(H,21,24)/b20-13-. The maximum Gasteiger partial charge on any atom is 0.259 e. The van der Waals surface area contributed by atoms with Crippen molar-refractivity contribution >= 4 is 29.1 Å². The van der Waals surface area contributed by atoms with Crippen molar-refractivity contribution < 1.29 is 14.4 Å². The fourth-order valence-corrected chi connectivity index (χ4v) is 2.65. The van der Waals surface area contributed by atoms with Crippen molar-refractivity contribution in [3.63, 3.8) is 0 Å². The number of nitrogens with one attached hydrogen (secondary N) is 2. The molecule has 2 N–H and O–H groups in total. The average molecular weight is 344 g/mol. The fourth-order valence-electron chi connectivity index (χ4n) is 2.65. The van der Waals surface area contributed by atoms with Gasteiger partial charge in [0.05, 0.1) is 5.71 Å². The monoisotopic (exact) mass is 344 g/mol. The van der Waals surface area contributed by atoms with E-state index < -0.39 is 0 Å². The van der Waals surface area contributed by atoms with Gasteiger partial charge < -0.3 is 10.2 Å². The van der Waals surface area contributed by atoms with Gasteiger partial charge in [-0.05, 0) is 37.5 Å². The van der Waals surface area contributed by atoms with Crippen LogP contribution < -0.4 is 10.7 Å². The smallest absolute Gasteiger partial charge is 0.259 e. The molecule has 1 aliphatic rings. The van der Waals surface area contributed by atoms with Gasteiger partial charge in [0.15, 0.2) is 0 Å². The highest BCUT2D eigenvalue weighted by molar-refractivity contribution is 6.01. The zero-order chi connectivity index (χ0) is 18.2. The Morgan fingerprint density at radius 3 is 2.76 bits per heavy atom. The van der Waals surface area contributed by atoms with Crippen molar-refractivity contribution in [2.45, 2.75) is 39.5 Å². The van der Waals surface area contributed by atoms with Crippen molar-refractivity contribution in [2.24, 2.45) is 5.10 Å². The van der Waals surface area contributed by atoms with Crippen LogP contribution in [0.5, 0.6) is 0 Å². The van der Waals surface area contributed by atoms with Crippen molar-refractivity contribution in [2.75, 3.05) is 18.4 Å². The summed E-state index contributed by atoms with van der Waals surface area (Å²) in [6.45, 7) is 3.86. The first kappa shape index (κ1) is 18.6. The molecule has 0 aliphatic carbocycles. The van der Waals surface area contributed by atoms with E-state index >= 15 is 0 Å². The Hall–Kier alpha value is -2.70. The number of hydrogen-bond acceptors (Lipinski definition) is 4. The fraction of sp³-hybridized carbons (Fsp3) is 0.444. The molecule has 0 radical (unpaired) electrons. The van der Waals surface area contributed by atoms with Crippen LogP contribution in [-0.4, -0.2) is 41.4 Å². The molecule has 1 aromatic rings. The van der Waals surface area contributed by atoms with Crippen molar-refractivity contribution in [3.05, 3.63) is 29.8 Å². The van der Waals surface area contributed by atoms with Gasteiger partial charge in [0.25, 0.3) is 5.91 Å². The lowest BCUT2D eigenvalue weighted by Crippen LogP contribution is -2.39. The Morgan fingerprint density at radius 1 is 1.20 bits per heavy atom. The molecule has 2 rings (SSSR count). The first-order chi connectivity index (χ1) is 12.0. The number of carbonyl (C=O) groups excluding carboxylic acids is 3. The molecule has 1 saturated heterocycles. The predicted molar refractivity (Wildman–Crippen MR) is 96.1 cm³/mol. The van der Waals surface area contributed by atoms with Crippen LogP contribution >= 0.6 is 0 Å². The molecule has 7 heteroatoms. The topological polar surface area (TPSA) is 90.9 Å². The highest BCUT2D eigenvalue weighted by Gasteiger charge is 2.18. The third kappa shape index (κ3) is 6.02. The molecule has 0 aromatic heterocycles. The zero-order valence-corrected chi connectivity index (χ0v) is 14.7. The molecule has 0 unspecified atom stereocenters. The Labute approximate surface area is 147 Å². The van der Waals surface area contributed by atoms with Gasteiger partial charge in [-0.3, -0.25) is 14.4 Å². The maximum atomic E-state index is 12.0. The molecular formula is C18H24N4O3. The van der Waals surface area contributed by atoms with Gasteiger partial charge in [-0.2, -0.15) is 5.10 Å². The summed E-state index contributed by atoms with van der Waals surface area (Å²) in [6.07, 6.45) is 3.34. The molecule has 1 aromatic carbocycles. The third-order valence-corrected chi connectivity index (χ3v) is 3.95. The molecule has 1 aliphatic heterocycles.